The van der Waals surface area contributed by atoms with E-state index >= 15 is 0 Å². The number of aromatic nitrogens is 1. The maximum Gasteiger partial charge on any atom is 0.255 e. The van der Waals surface area contributed by atoms with Crippen LogP contribution in [-0.2, 0) is 0 Å². The summed E-state index contributed by atoms with van der Waals surface area (Å²) in [6, 6.07) is 8.11. The van der Waals surface area contributed by atoms with Gasteiger partial charge in [-0.1, -0.05) is 18.6 Å². The van der Waals surface area contributed by atoms with Crippen LogP contribution >= 0.6 is 0 Å². The average Bonchev–Trinajstić information content (AvgIpc) is 2.89. The van der Waals surface area contributed by atoms with Crippen LogP contribution in [0.5, 0.6) is 0 Å². The van der Waals surface area contributed by atoms with E-state index in [-0.39, 0.29) is 11.3 Å². The molecule has 22 heavy (non-hydrogen) atoms. The van der Waals surface area contributed by atoms with Gasteiger partial charge in [0.25, 0.3) is 5.91 Å². The van der Waals surface area contributed by atoms with E-state index in [0.717, 1.165) is 36.1 Å². The normalized spacial score (nSPS) is 21.5. The third kappa shape index (κ3) is 2.59. The van der Waals surface area contributed by atoms with E-state index in [9.17, 15) is 4.79 Å². The van der Waals surface area contributed by atoms with E-state index in [1.807, 2.05) is 36.9 Å². The van der Waals surface area contributed by atoms with Gasteiger partial charge in [0, 0.05) is 18.5 Å². The zero-order valence-corrected chi connectivity index (χ0v) is 13.5. The van der Waals surface area contributed by atoms with Crippen LogP contribution in [0.2, 0.25) is 0 Å². The SMILES string of the molecule is Cc1ccc2nc(C)c(C(=O)N3CCC(C)(CN)C3)cc2c1. The summed E-state index contributed by atoms with van der Waals surface area (Å²) in [7, 11) is 0. The van der Waals surface area contributed by atoms with E-state index in [1.54, 1.807) is 0 Å². The fraction of sp³-hybridized carbons (Fsp3) is 0.444. The number of fused-ring (bicyclic) bond motifs is 1. The minimum Gasteiger partial charge on any atom is -0.338 e. The van der Waals surface area contributed by atoms with Crippen molar-refractivity contribution < 1.29 is 4.79 Å². The first kappa shape index (κ1) is 15.0. The number of hydrogen-bond acceptors (Lipinski definition) is 3. The smallest absolute Gasteiger partial charge is 0.255 e. The Balaban J connectivity index is 1.96. The molecule has 1 fully saturated rings. The van der Waals surface area contributed by atoms with Crippen LogP contribution in [0.3, 0.4) is 0 Å². The Labute approximate surface area is 131 Å². The fourth-order valence-corrected chi connectivity index (χ4v) is 3.14. The maximum atomic E-state index is 12.8. The highest BCUT2D eigenvalue weighted by atomic mass is 16.2. The Hall–Kier alpha value is -1.94. The highest BCUT2D eigenvalue weighted by Crippen LogP contribution is 2.30. The lowest BCUT2D eigenvalue weighted by molar-refractivity contribution is 0.0776. The van der Waals surface area contributed by atoms with Gasteiger partial charge in [-0.2, -0.15) is 0 Å². The molecule has 1 amide bonds. The largest absolute Gasteiger partial charge is 0.338 e. The zero-order chi connectivity index (χ0) is 15.9. The molecule has 1 unspecified atom stereocenters. The molecule has 0 bridgehead atoms. The summed E-state index contributed by atoms with van der Waals surface area (Å²) in [5.41, 5.74) is 9.50. The molecule has 1 atom stereocenters. The van der Waals surface area contributed by atoms with Crippen LogP contribution in [0, 0.1) is 19.3 Å². The molecule has 0 spiro atoms. The van der Waals surface area contributed by atoms with Crippen LogP contribution in [-0.4, -0.2) is 35.4 Å². The molecule has 3 rings (SSSR count). The molecule has 2 aromatic rings. The quantitative estimate of drug-likeness (QED) is 0.927. The van der Waals surface area contributed by atoms with Gasteiger partial charge in [0.15, 0.2) is 0 Å². The third-order valence-corrected chi connectivity index (χ3v) is 4.73. The summed E-state index contributed by atoms with van der Waals surface area (Å²) in [6.45, 7) is 8.23. The first-order valence-corrected chi connectivity index (χ1v) is 7.79. The summed E-state index contributed by atoms with van der Waals surface area (Å²) in [5.74, 6) is 0.0746. The second kappa shape index (κ2) is 5.36. The van der Waals surface area contributed by atoms with Gasteiger partial charge < -0.3 is 10.6 Å². The van der Waals surface area contributed by atoms with Gasteiger partial charge in [-0.15, -0.1) is 0 Å². The summed E-state index contributed by atoms with van der Waals surface area (Å²) < 4.78 is 0. The average molecular weight is 297 g/mol. The van der Waals surface area contributed by atoms with Gasteiger partial charge in [0.05, 0.1) is 16.8 Å². The molecule has 2 N–H and O–H groups in total. The van der Waals surface area contributed by atoms with Gasteiger partial charge in [0.1, 0.15) is 0 Å². The van der Waals surface area contributed by atoms with Crippen LogP contribution in [0.1, 0.15) is 35.0 Å². The molecule has 4 heteroatoms. The van der Waals surface area contributed by atoms with Gasteiger partial charge in [-0.3, -0.25) is 9.78 Å². The molecule has 0 radical (unpaired) electrons. The van der Waals surface area contributed by atoms with Crippen molar-refractivity contribution in [2.45, 2.75) is 27.2 Å². The van der Waals surface area contributed by atoms with Gasteiger partial charge in [-0.25, -0.2) is 0 Å². The predicted octanol–water partition coefficient (Wildman–Crippen LogP) is 2.66. The second-order valence-electron chi connectivity index (χ2n) is 6.81. The van der Waals surface area contributed by atoms with Crippen LogP contribution in [0.25, 0.3) is 10.9 Å². The molecule has 116 valence electrons. The zero-order valence-electron chi connectivity index (χ0n) is 13.5. The van der Waals surface area contributed by atoms with Crippen molar-refractivity contribution in [1.82, 2.24) is 9.88 Å². The lowest BCUT2D eigenvalue weighted by atomic mass is 9.90. The number of likely N-dealkylation sites (tertiary alicyclic amines) is 1. The van der Waals surface area contributed by atoms with E-state index < -0.39 is 0 Å². The molecule has 1 aliphatic heterocycles. The third-order valence-electron chi connectivity index (χ3n) is 4.73. The van der Waals surface area contributed by atoms with Crippen LogP contribution in [0.4, 0.5) is 0 Å². The minimum absolute atomic E-state index is 0.0461. The number of carbonyl (C=O) groups excluding carboxylic acids is 1. The Morgan fingerprint density at radius 2 is 2.14 bits per heavy atom. The molecular weight excluding hydrogens is 274 g/mol. The first-order chi connectivity index (χ1) is 10.4. The Morgan fingerprint density at radius 1 is 1.36 bits per heavy atom. The van der Waals surface area contributed by atoms with E-state index in [2.05, 4.69) is 18.0 Å². The Bertz CT molecular complexity index is 740. The molecular formula is C18H23N3O. The van der Waals surface area contributed by atoms with E-state index in [4.69, 9.17) is 5.73 Å². The lowest BCUT2D eigenvalue weighted by Crippen LogP contribution is -2.34. The number of benzene rings is 1. The number of hydrogen-bond donors (Lipinski definition) is 1. The van der Waals surface area contributed by atoms with Crippen LogP contribution in [0.15, 0.2) is 24.3 Å². The first-order valence-electron chi connectivity index (χ1n) is 7.79. The summed E-state index contributed by atoms with van der Waals surface area (Å²) in [4.78, 5) is 19.4. The number of nitrogens with two attached hydrogens (primary N) is 1. The van der Waals surface area contributed by atoms with Crippen molar-refractivity contribution in [3.05, 3.63) is 41.1 Å². The number of amides is 1. The summed E-state index contributed by atoms with van der Waals surface area (Å²) in [5, 5.41) is 1.02. The molecule has 1 aliphatic rings. The molecule has 1 aromatic heterocycles. The predicted molar refractivity (Wildman–Crippen MR) is 88.9 cm³/mol. The number of aryl methyl sites for hydroxylation is 2. The van der Waals surface area contributed by atoms with Gasteiger partial charge >= 0.3 is 0 Å². The fourth-order valence-electron chi connectivity index (χ4n) is 3.14. The van der Waals surface area contributed by atoms with E-state index in [0.29, 0.717) is 12.1 Å². The van der Waals surface area contributed by atoms with Crippen molar-refractivity contribution in [2.75, 3.05) is 19.6 Å². The molecule has 2 heterocycles. The van der Waals surface area contributed by atoms with Crippen molar-refractivity contribution >= 4 is 16.8 Å². The van der Waals surface area contributed by atoms with Gasteiger partial charge in [-0.05, 0) is 50.4 Å². The van der Waals surface area contributed by atoms with Crippen molar-refractivity contribution in [3.63, 3.8) is 0 Å². The highest BCUT2D eigenvalue weighted by Gasteiger charge is 2.35. The molecule has 0 aliphatic carbocycles. The molecule has 4 nitrogen and oxygen atoms in total. The molecule has 1 saturated heterocycles. The van der Waals surface area contributed by atoms with Crippen molar-refractivity contribution in [2.24, 2.45) is 11.1 Å². The van der Waals surface area contributed by atoms with E-state index in [1.165, 1.54) is 5.56 Å². The minimum atomic E-state index is 0.0461. The number of nitrogens with zero attached hydrogens (tertiary/aromatic N) is 2. The van der Waals surface area contributed by atoms with Crippen molar-refractivity contribution in [3.8, 4) is 0 Å². The highest BCUT2D eigenvalue weighted by molar-refractivity contribution is 5.98. The van der Waals surface area contributed by atoms with Gasteiger partial charge in [0.2, 0.25) is 0 Å². The number of carbonyl (C=O) groups is 1. The Kier molecular flexibility index (Phi) is 3.65. The Morgan fingerprint density at radius 3 is 2.82 bits per heavy atom. The lowest BCUT2D eigenvalue weighted by Gasteiger charge is -2.23. The van der Waals surface area contributed by atoms with Crippen molar-refractivity contribution in [1.29, 1.82) is 0 Å². The standard InChI is InChI=1S/C18H23N3O/c1-12-4-5-16-14(8-12)9-15(13(2)20-16)17(22)21-7-6-18(3,10-19)11-21/h4-5,8-9H,6-7,10-11,19H2,1-3H3. The summed E-state index contributed by atoms with van der Waals surface area (Å²) in [6.07, 6.45) is 0.967. The second-order valence-corrected chi connectivity index (χ2v) is 6.81. The molecule has 1 aromatic carbocycles. The maximum absolute atomic E-state index is 12.8. The number of pyridine rings is 1. The molecule has 0 saturated carbocycles. The number of rotatable bonds is 2. The summed E-state index contributed by atoms with van der Waals surface area (Å²) >= 11 is 0. The monoisotopic (exact) mass is 297 g/mol. The topological polar surface area (TPSA) is 59.2 Å². The van der Waals surface area contributed by atoms with Crippen LogP contribution < -0.4 is 5.73 Å².